The van der Waals surface area contributed by atoms with Crippen molar-refractivity contribution in [3.8, 4) is 11.5 Å². The number of hydrogen-bond acceptors (Lipinski definition) is 5. The van der Waals surface area contributed by atoms with Gasteiger partial charge in [0.25, 0.3) is 5.91 Å². The van der Waals surface area contributed by atoms with Crippen molar-refractivity contribution in [3.05, 3.63) is 52.3 Å². The lowest BCUT2D eigenvalue weighted by molar-refractivity contribution is 0.0997. The minimum atomic E-state index is -0.270. The Labute approximate surface area is 165 Å². The maximum absolute atomic E-state index is 12.8. The fraction of sp³-hybridized carbons (Fsp3) is 0.300. The molecule has 7 heteroatoms. The second-order valence-electron chi connectivity index (χ2n) is 6.17. The SMILES string of the molecule is CCc1ccc2c(c1)sc(=NC(=O)c1ccc3c(c1)OCO3)n2CCSC. The Balaban J connectivity index is 1.77. The van der Waals surface area contributed by atoms with E-state index < -0.39 is 0 Å². The second-order valence-corrected chi connectivity index (χ2v) is 8.16. The summed E-state index contributed by atoms with van der Waals surface area (Å²) < 4.78 is 14.0. The number of thiazole rings is 1. The van der Waals surface area contributed by atoms with E-state index in [4.69, 9.17) is 9.47 Å². The quantitative estimate of drug-likeness (QED) is 0.647. The van der Waals surface area contributed by atoms with Gasteiger partial charge >= 0.3 is 0 Å². The fourth-order valence-corrected chi connectivity index (χ4v) is 4.49. The van der Waals surface area contributed by atoms with Crippen LogP contribution >= 0.6 is 23.1 Å². The lowest BCUT2D eigenvalue weighted by Crippen LogP contribution is -2.18. The molecule has 0 atom stereocenters. The van der Waals surface area contributed by atoms with Crippen molar-refractivity contribution in [1.82, 2.24) is 4.57 Å². The van der Waals surface area contributed by atoms with Gasteiger partial charge in [0.2, 0.25) is 6.79 Å². The third-order valence-corrected chi connectivity index (χ3v) is 6.12. The van der Waals surface area contributed by atoms with Crippen LogP contribution in [0.3, 0.4) is 0 Å². The number of ether oxygens (including phenoxy) is 2. The molecule has 0 N–H and O–H groups in total. The number of aryl methyl sites for hydroxylation is 2. The smallest absolute Gasteiger partial charge is 0.279 e. The van der Waals surface area contributed by atoms with Crippen molar-refractivity contribution in [1.29, 1.82) is 0 Å². The standard InChI is InChI=1S/C20H20N2O3S2/c1-3-13-4-6-15-18(10-13)27-20(22(15)8-9-26-2)21-19(23)14-5-7-16-17(11-14)25-12-24-16/h4-7,10-11H,3,8-9,12H2,1-2H3. The number of hydrogen-bond donors (Lipinski definition) is 0. The van der Waals surface area contributed by atoms with Crippen LogP contribution < -0.4 is 14.3 Å². The highest BCUT2D eigenvalue weighted by Crippen LogP contribution is 2.32. The molecule has 1 aromatic heterocycles. The molecule has 0 radical (unpaired) electrons. The van der Waals surface area contributed by atoms with Gasteiger partial charge in [-0.15, -0.1) is 0 Å². The first kappa shape index (κ1) is 18.1. The molecule has 0 aliphatic carbocycles. The summed E-state index contributed by atoms with van der Waals surface area (Å²) in [6.07, 6.45) is 3.07. The highest BCUT2D eigenvalue weighted by Gasteiger charge is 2.16. The van der Waals surface area contributed by atoms with E-state index in [0.717, 1.165) is 33.7 Å². The van der Waals surface area contributed by atoms with Gasteiger partial charge in [0.05, 0.1) is 10.2 Å². The van der Waals surface area contributed by atoms with Crippen LogP contribution in [0.15, 0.2) is 41.4 Å². The molecular weight excluding hydrogens is 380 g/mol. The van der Waals surface area contributed by atoms with Gasteiger partial charge in [-0.25, -0.2) is 0 Å². The van der Waals surface area contributed by atoms with Crippen molar-refractivity contribution in [3.63, 3.8) is 0 Å². The number of aromatic nitrogens is 1. The molecule has 2 heterocycles. The number of carbonyl (C=O) groups is 1. The number of fused-ring (bicyclic) bond motifs is 2. The predicted molar refractivity (Wildman–Crippen MR) is 110 cm³/mol. The molecule has 0 saturated carbocycles. The lowest BCUT2D eigenvalue weighted by Gasteiger charge is -2.04. The summed E-state index contributed by atoms with van der Waals surface area (Å²) in [4.78, 5) is 17.9. The van der Waals surface area contributed by atoms with Crippen molar-refractivity contribution in [2.45, 2.75) is 19.9 Å². The molecule has 0 saturated heterocycles. The Morgan fingerprint density at radius 3 is 2.89 bits per heavy atom. The molecule has 140 valence electrons. The number of benzene rings is 2. The second kappa shape index (κ2) is 7.78. The average Bonchev–Trinajstić information content (AvgIpc) is 3.29. The van der Waals surface area contributed by atoms with E-state index >= 15 is 0 Å². The summed E-state index contributed by atoms with van der Waals surface area (Å²) in [6, 6.07) is 11.7. The van der Waals surface area contributed by atoms with Crippen LogP contribution in [0.4, 0.5) is 0 Å². The summed E-state index contributed by atoms with van der Waals surface area (Å²) >= 11 is 3.34. The number of rotatable bonds is 5. The Morgan fingerprint density at radius 1 is 1.22 bits per heavy atom. The Hall–Kier alpha value is -2.25. The number of nitrogens with zero attached hydrogens (tertiary/aromatic N) is 2. The predicted octanol–water partition coefficient (Wildman–Crippen LogP) is 4.10. The fourth-order valence-electron chi connectivity index (χ4n) is 3.00. The molecule has 1 aliphatic heterocycles. The van der Waals surface area contributed by atoms with Gasteiger partial charge in [-0.3, -0.25) is 4.79 Å². The van der Waals surface area contributed by atoms with E-state index in [1.165, 1.54) is 5.56 Å². The van der Waals surface area contributed by atoms with Gasteiger partial charge in [-0.05, 0) is 48.6 Å². The summed E-state index contributed by atoms with van der Waals surface area (Å²) in [6.45, 7) is 3.15. The van der Waals surface area contributed by atoms with E-state index in [2.05, 4.69) is 40.9 Å². The van der Waals surface area contributed by atoms with Crippen molar-refractivity contribution < 1.29 is 14.3 Å². The molecule has 3 aromatic rings. The normalized spacial score (nSPS) is 13.5. The monoisotopic (exact) mass is 400 g/mol. The molecule has 5 nitrogen and oxygen atoms in total. The number of carbonyl (C=O) groups excluding carboxylic acids is 1. The van der Waals surface area contributed by atoms with Gasteiger partial charge in [-0.2, -0.15) is 16.8 Å². The first-order valence-corrected chi connectivity index (χ1v) is 11.0. The molecule has 4 rings (SSSR count). The molecule has 2 aromatic carbocycles. The maximum Gasteiger partial charge on any atom is 0.279 e. The molecule has 0 fully saturated rings. The summed E-state index contributed by atoms with van der Waals surface area (Å²) in [7, 11) is 0. The van der Waals surface area contributed by atoms with E-state index in [0.29, 0.717) is 17.1 Å². The van der Waals surface area contributed by atoms with Crippen LogP contribution in [-0.2, 0) is 13.0 Å². The Kier molecular flexibility index (Phi) is 5.22. The average molecular weight is 401 g/mol. The highest BCUT2D eigenvalue weighted by atomic mass is 32.2. The molecular formula is C20H20N2O3S2. The van der Waals surface area contributed by atoms with Crippen molar-refractivity contribution in [2.24, 2.45) is 4.99 Å². The van der Waals surface area contributed by atoms with Crippen LogP contribution in [0.5, 0.6) is 11.5 Å². The summed E-state index contributed by atoms with van der Waals surface area (Å²) in [5.41, 5.74) is 2.92. The van der Waals surface area contributed by atoms with Crippen LogP contribution in [0.25, 0.3) is 10.2 Å². The zero-order valence-electron chi connectivity index (χ0n) is 15.2. The van der Waals surface area contributed by atoms with Crippen LogP contribution in [-0.4, -0.2) is 29.3 Å². The molecule has 0 bridgehead atoms. The van der Waals surface area contributed by atoms with E-state index in [1.807, 2.05) is 0 Å². The topological polar surface area (TPSA) is 52.8 Å². The van der Waals surface area contributed by atoms with Gasteiger partial charge in [0, 0.05) is 17.9 Å². The minimum absolute atomic E-state index is 0.189. The largest absolute Gasteiger partial charge is 0.454 e. The molecule has 0 unspecified atom stereocenters. The first-order chi connectivity index (χ1) is 13.2. The lowest BCUT2D eigenvalue weighted by atomic mass is 10.2. The van der Waals surface area contributed by atoms with E-state index in [1.54, 1.807) is 41.3 Å². The number of amides is 1. The third-order valence-electron chi connectivity index (χ3n) is 4.49. The van der Waals surface area contributed by atoms with Crippen molar-refractivity contribution >= 4 is 39.2 Å². The van der Waals surface area contributed by atoms with Crippen molar-refractivity contribution in [2.75, 3.05) is 18.8 Å². The Bertz CT molecular complexity index is 1070. The Morgan fingerprint density at radius 2 is 2.07 bits per heavy atom. The van der Waals surface area contributed by atoms with Crippen LogP contribution in [0.2, 0.25) is 0 Å². The van der Waals surface area contributed by atoms with E-state index in [-0.39, 0.29) is 12.7 Å². The summed E-state index contributed by atoms with van der Waals surface area (Å²) in [5.74, 6) is 1.95. The molecule has 0 spiro atoms. The molecule has 1 amide bonds. The molecule has 27 heavy (non-hydrogen) atoms. The van der Waals surface area contributed by atoms with Crippen LogP contribution in [0.1, 0.15) is 22.8 Å². The van der Waals surface area contributed by atoms with Gasteiger partial charge in [-0.1, -0.05) is 24.3 Å². The van der Waals surface area contributed by atoms with E-state index in [9.17, 15) is 4.79 Å². The molecule has 1 aliphatic rings. The zero-order valence-corrected chi connectivity index (χ0v) is 16.9. The third kappa shape index (κ3) is 3.61. The highest BCUT2D eigenvalue weighted by molar-refractivity contribution is 7.98. The zero-order chi connectivity index (χ0) is 18.8. The van der Waals surface area contributed by atoms with Gasteiger partial charge in [0.15, 0.2) is 16.3 Å². The summed E-state index contributed by atoms with van der Waals surface area (Å²) in [5, 5.41) is 0. The maximum atomic E-state index is 12.8. The van der Waals surface area contributed by atoms with Crippen LogP contribution in [0, 0.1) is 0 Å². The minimum Gasteiger partial charge on any atom is -0.454 e. The number of thioether (sulfide) groups is 1. The first-order valence-electron chi connectivity index (χ1n) is 8.79. The van der Waals surface area contributed by atoms with Gasteiger partial charge < -0.3 is 14.0 Å². The van der Waals surface area contributed by atoms with Gasteiger partial charge in [0.1, 0.15) is 0 Å².